The van der Waals surface area contributed by atoms with E-state index >= 15 is 0 Å². The normalized spacial score (nSPS) is 13.7. The molecule has 0 amide bonds. The lowest BCUT2D eigenvalue weighted by molar-refractivity contribution is 0.378. The van der Waals surface area contributed by atoms with Crippen LogP contribution in [0, 0.1) is 0 Å². The van der Waals surface area contributed by atoms with Crippen molar-refractivity contribution in [3.05, 3.63) is 66.3 Å². The molecule has 4 rings (SSSR count). The van der Waals surface area contributed by atoms with E-state index in [4.69, 9.17) is 4.52 Å². The second-order valence-corrected chi connectivity index (χ2v) is 6.09. The molecule has 24 heavy (non-hydrogen) atoms. The zero-order chi connectivity index (χ0) is 16.4. The van der Waals surface area contributed by atoms with Crippen LogP contribution in [0.2, 0.25) is 0 Å². The second-order valence-electron chi connectivity index (χ2n) is 6.09. The lowest BCUT2D eigenvalue weighted by Gasteiger charge is -2.22. The number of hydrogen-bond donors (Lipinski definition) is 1. The Hall–Kier alpha value is -2.82. The summed E-state index contributed by atoms with van der Waals surface area (Å²) in [7, 11) is 2.06. The Bertz CT molecular complexity index is 811. The Morgan fingerprint density at radius 3 is 2.62 bits per heavy atom. The summed E-state index contributed by atoms with van der Waals surface area (Å²) in [4.78, 5) is 6.62. The van der Waals surface area contributed by atoms with Gasteiger partial charge in [0.1, 0.15) is 0 Å². The largest absolute Gasteiger partial charge is 0.374 e. The van der Waals surface area contributed by atoms with Crippen LogP contribution < -0.4 is 10.2 Å². The minimum Gasteiger partial charge on any atom is -0.374 e. The smallest absolute Gasteiger partial charge is 0.245 e. The third kappa shape index (κ3) is 3.11. The van der Waals surface area contributed by atoms with Crippen molar-refractivity contribution in [2.75, 3.05) is 17.3 Å². The predicted molar refractivity (Wildman–Crippen MR) is 94.5 cm³/mol. The van der Waals surface area contributed by atoms with E-state index in [0.29, 0.717) is 18.4 Å². The van der Waals surface area contributed by atoms with Crippen LogP contribution in [-0.4, -0.2) is 17.2 Å². The van der Waals surface area contributed by atoms with Crippen LogP contribution in [0.1, 0.15) is 30.5 Å². The van der Waals surface area contributed by atoms with Gasteiger partial charge in [0, 0.05) is 18.7 Å². The molecule has 3 aromatic rings. The molecule has 5 nitrogen and oxygen atoms in total. The molecule has 0 radical (unpaired) electrons. The molecule has 0 aliphatic heterocycles. The molecule has 0 atom stereocenters. The van der Waals surface area contributed by atoms with Crippen molar-refractivity contribution in [2.45, 2.75) is 25.3 Å². The number of nitrogens with zero attached hydrogens (tertiary/aromatic N) is 3. The van der Waals surface area contributed by atoms with E-state index < -0.39 is 0 Å². The summed E-state index contributed by atoms with van der Waals surface area (Å²) in [6, 6.07) is 18.5. The highest BCUT2D eigenvalue weighted by atomic mass is 16.5. The summed E-state index contributed by atoms with van der Waals surface area (Å²) < 4.78 is 5.34. The van der Waals surface area contributed by atoms with E-state index in [0.717, 1.165) is 22.9 Å². The molecule has 0 bridgehead atoms. The monoisotopic (exact) mass is 320 g/mol. The number of benzene rings is 2. The molecule has 2 aromatic carbocycles. The first-order valence-corrected chi connectivity index (χ1v) is 8.25. The van der Waals surface area contributed by atoms with E-state index in [1.54, 1.807) is 0 Å². The Balaban J connectivity index is 1.50. The van der Waals surface area contributed by atoms with E-state index in [2.05, 4.69) is 51.7 Å². The predicted octanol–water partition coefficient (Wildman–Crippen LogP) is 4.33. The van der Waals surface area contributed by atoms with Crippen molar-refractivity contribution in [1.82, 2.24) is 10.1 Å². The van der Waals surface area contributed by atoms with Gasteiger partial charge >= 0.3 is 0 Å². The number of nitrogens with one attached hydrogen (secondary N) is 1. The van der Waals surface area contributed by atoms with E-state index in [1.807, 2.05) is 30.3 Å². The minimum atomic E-state index is 0.513. The molecule has 122 valence electrons. The second kappa shape index (κ2) is 6.35. The highest BCUT2D eigenvalue weighted by Crippen LogP contribution is 2.38. The molecule has 5 heteroatoms. The molecule has 1 heterocycles. The van der Waals surface area contributed by atoms with Gasteiger partial charge < -0.3 is 14.7 Å². The highest BCUT2D eigenvalue weighted by Gasteiger charge is 2.28. The molecule has 1 saturated carbocycles. The van der Waals surface area contributed by atoms with Gasteiger partial charge in [0.2, 0.25) is 5.89 Å². The number of rotatable bonds is 6. The quantitative estimate of drug-likeness (QED) is 0.733. The van der Waals surface area contributed by atoms with Crippen LogP contribution in [0.4, 0.5) is 17.1 Å². The minimum absolute atomic E-state index is 0.513. The fourth-order valence-electron chi connectivity index (χ4n) is 2.72. The first kappa shape index (κ1) is 14.8. The summed E-state index contributed by atoms with van der Waals surface area (Å²) in [5.74, 6) is 1.99. The van der Waals surface area contributed by atoms with E-state index in [9.17, 15) is 0 Å². The van der Waals surface area contributed by atoms with Crippen LogP contribution in [-0.2, 0) is 6.54 Å². The van der Waals surface area contributed by atoms with Crippen LogP contribution in [0.3, 0.4) is 0 Å². The lowest BCUT2D eigenvalue weighted by atomic mass is 10.2. The molecule has 0 saturated heterocycles. The SMILES string of the molecule is CN(c1ccccc1)c1ccccc1NCc1nc(C2CC2)no1. The highest BCUT2D eigenvalue weighted by molar-refractivity contribution is 5.75. The van der Waals surface area contributed by atoms with Gasteiger partial charge in [-0.15, -0.1) is 0 Å². The van der Waals surface area contributed by atoms with Gasteiger partial charge in [-0.25, -0.2) is 0 Å². The maximum atomic E-state index is 5.34. The van der Waals surface area contributed by atoms with E-state index in [1.165, 1.54) is 12.8 Å². The number of hydrogen-bond acceptors (Lipinski definition) is 5. The average Bonchev–Trinajstić information content (AvgIpc) is 3.39. The number of anilines is 3. The van der Waals surface area contributed by atoms with Crippen molar-refractivity contribution >= 4 is 17.1 Å². The Labute approximate surface area is 141 Å². The summed E-state index contributed by atoms with van der Waals surface area (Å²) in [5.41, 5.74) is 3.28. The molecule has 1 N–H and O–H groups in total. The van der Waals surface area contributed by atoms with Crippen LogP contribution in [0.5, 0.6) is 0 Å². The van der Waals surface area contributed by atoms with Gasteiger partial charge in [-0.3, -0.25) is 0 Å². The van der Waals surface area contributed by atoms with Crippen molar-refractivity contribution in [1.29, 1.82) is 0 Å². The zero-order valence-electron chi connectivity index (χ0n) is 13.6. The van der Waals surface area contributed by atoms with Crippen molar-refractivity contribution in [3.8, 4) is 0 Å². The molecule has 1 aliphatic rings. The summed E-state index contributed by atoms with van der Waals surface area (Å²) in [6.45, 7) is 0.527. The molecule has 1 aromatic heterocycles. The van der Waals surface area contributed by atoms with Gasteiger partial charge in [0.25, 0.3) is 0 Å². The van der Waals surface area contributed by atoms with Gasteiger partial charge in [0.15, 0.2) is 5.82 Å². The van der Waals surface area contributed by atoms with Crippen molar-refractivity contribution in [3.63, 3.8) is 0 Å². The third-order valence-electron chi connectivity index (χ3n) is 4.27. The van der Waals surface area contributed by atoms with Gasteiger partial charge in [0.05, 0.1) is 17.9 Å². The molecular formula is C19H20N4O. The average molecular weight is 320 g/mol. The molecule has 0 unspecified atom stereocenters. The molecular weight excluding hydrogens is 300 g/mol. The zero-order valence-corrected chi connectivity index (χ0v) is 13.6. The molecule has 0 spiro atoms. The number of aromatic nitrogens is 2. The number of para-hydroxylation sites is 3. The molecule has 1 fully saturated rings. The lowest BCUT2D eigenvalue weighted by Crippen LogP contribution is -2.12. The third-order valence-corrected chi connectivity index (χ3v) is 4.27. The van der Waals surface area contributed by atoms with Gasteiger partial charge in [-0.2, -0.15) is 4.98 Å². The van der Waals surface area contributed by atoms with E-state index in [-0.39, 0.29) is 0 Å². The van der Waals surface area contributed by atoms with Gasteiger partial charge in [-0.1, -0.05) is 35.5 Å². The van der Waals surface area contributed by atoms with Crippen molar-refractivity contribution < 1.29 is 4.52 Å². The first-order chi connectivity index (χ1) is 11.8. The first-order valence-electron chi connectivity index (χ1n) is 8.25. The van der Waals surface area contributed by atoms with Crippen molar-refractivity contribution in [2.24, 2.45) is 0 Å². The van der Waals surface area contributed by atoms with Gasteiger partial charge in [-0.05, 0) is 37.1 Å². The standard InChI is InChI=1S/C19H20N4O/c1-23(15-7-3-2-4-8-15)17-10-6-5-9-16(17)20-13-18-21-19(22-24-18)14-11-12-14/h2-10,14,20H,11-13H2,1H3. The topological polar surface area (TPSA) is 54.2 Å². The van der Waals surface area contributed by atoms with Crippen LogP contribution >= 0.6 is 0 Å². The Kier molecular flexibility index (Phi) is 3.91. The maximum Gasteiger partial charge on any atom is 0.245 e. The fraction of sp³-hybridized carbons (Fsp3) is 0.263. The van der Waals surface area contributed by atoms with Crippen LogP contribution in [0.25, 0.3) is 0 Å². The summed E-state index contributed by atoms with van der Waals surface area (Å²) >= 11 is 0. The Morgan fingerprint density at radius 2 is 1.83 bits per heavy atom. The maximum absolute atomic E-state index is 5.34. The summed E-state index contributed by atoms with van der Waals surface area (Å²) in [5, 5.41) is 7.47. The van der Waals surface area contributed by atoms with Crippen LogP contribution in [0.15, 0.2) is 59.1 Å². The molecule has 1 aliphatic carbocycles. The fourth-order valence-corrected chi connectivity index (χ4v) is 2.72. The Morgan fingerprint density at radius 1 is 1.08 bits per heavy atom. The summed E-state index contributed by atoms with van der Waals surface area (Å²) in [6.07, 6.45) is 2.36.